The molecule has 6 heteroatoms. The molecule has 1 unspecified atom stereocenters. The van der Waals surface area contributed by atoms with Crippen molar-refractivity contribution < 1.29 is 4.74 Å². The van der Waals surface area contributed by atoms with Gasteiger partial charge in [0, 0.05) is 35.5 Å². The number of hydrogen-bond donors (Lipinski definition) is 1. The molecule has 1 aliphatic heterocycles. The fourth-order valence-electron chi connectivity index (χ4n) is 4.43. The Morgan fingerprint density at radius 1 is 1.07 bits per heavy atom. The normalized spacial score (nSPS) is 20.7. The third kappa shape index (κ3) is 3.37. The highest BCUT2D eigenvalue weighted by molar-refractivity contribution is 5.86. The molecule has 6 nitrogen and oxygen atoms in total. The summed E-state index contributed by atoms with van der Waals surface area (Å²) >= 11 is 0. The lowest BCUT2D eigenvalue weighted by molar-refractivity contribution is -0.0402. The van der Waals surface area contributed by atoms with Crippen molar-refractivity contribution in [3.8, 4) is 11.3 Å². The van der Waals surface area contributed by atoms with Gasteiger partial charge in [0.05, 0.1) is 11.2 Å². The molecule has 5 rings (SSSR count). The van der Waals surface area contributed by atoms with Crippen LogP contribution in [-0.2, 0) is 4.74 Å². The van der Waals surface area contributed by atoms with E-state index in [4.69, 9.17) is 14.8 Å². The lowest BCUT2D eigenvalue weighted by Crippen LogP contribution is -2.20. The van der Waals surface area contributed by atoms with Crippen molar-refractivity contribution >= 4 is 16.9 Å². The molecule has 28 heavy (non-hydrogen) atoms. The van der Waals surface area contributed by atoms with Crippen molar-refractivity contribution in [2.75, 3.05) is 11.9 Å². The summed E-state index contributed by atoms with van der Waals surface area (Å²) in [5.74, 6) is 0.729. The number of fused-ring (bicyclic) bond motifs is 1. The molecule has 0 amide bonds. The molecule has 1 aromatic carbocycles. The smallest absolute Gasteiger partial charge is 0.223 e. The van der Waals surface area contributed by atoms with Crippen LogP contribution in [0.4, 0.5) is 5.95 Å². The van der Waals surface area contributed by atoms with E-state index in [1.807, 2.05) is 12.3 Å². The topological polar surface area (TPSA) is 64.9 Å². The van der Waals surface area contributed by atoms with Gasteiger partial charge in [-0.15, -0.1) is 0 Å². The largest absolute Gasteiger partial charge is 0.357 e. The van der Waals surface area contributed by atoms with Crippen molar-refractivity contribution in [1.29, 1.82) is 0 Å². The molecular formula is C22H27N5O. The molecular weight excluding hydrogens is 350 g/mol. The summed E-state index contributed by atoms with van der Waals surface area (Å²) < 4.78 is 8.00. The van der Waals surface area contributed by atoms with Gasteiger partial charge in [-0.25, -0.2) is 14.6 Å². The van der Waals surface area contributed by atoms with Gasteiger partial charge < -0.3 is 10.1 Å². The maximum atomic E-state index is 5.94. The summed E-state index contributed by atoms with van der Waals surface area (Å²) in [7, 11) is 0. The Balaban J connectivity index is 1.45. The van der Waals surface area contributed by atoms with Gasteiger partial charge in [0.25, 0.3) is 0 Å². The predicted molar refractivity (Wildman–Crippen MR) is 110 cm³/mol. The van der Waals surface area contributed by atoms with Gasteiger partial charge in [-0.1, -0.05) is 18.9 Å². The number of benzene rings is 1. The lowest BCUT2D eigenvalue weighted by atomic mass is 10.1. The van der Waals surface area contributed by atoms with Crippen molar-refractivity contribution in [1.82, 2.24) is 19.7 Å². The first-order valence-corrected chi connectivity index (χ1v) is 10.5. The number of nitrogens with one attached hydrogen (secondary N) is 1. The Kier molecular flexibility index (Phi) is 4.72. The predicted octanol–water partition coefficient (Wildman–Crippen LogP) is 4.86. The number of hydrogen-bond acceptors (Lipinski definition) is 5. The molecule has 2 aromatic heterocycles. The number of aromatic nitrogens is 4. The van der Waals surface area contributed by atoms with Crippen LogP contribution >= 0.6 is 0 Å². The molecule has 0 radical (unpaired) electrons. The second-order valence-corrected chi connectivity index (χ2v) is 7.97. The molecule has 146 valence electrons. The molecule has 0 bridgehead atoms. The maximum absolute atomic E-state index is 5.94. The molecule has 2 fully saturated rings. The first-order chi connectivity index (χ1) is 13.8. The standard InChI is InChI=1S/C22H27N5O/c1-15-18-14-16(9-10-20(18)26-27(15)21-8-4-5-13-28-21)19-11-12-23-22(25-19)24-17-6-2-3-7-17/h9-12,14,17,21H,2-8,13H2,1H3,(H,23,24,25). The van der Waals surface area contributed by atoms with Crippen LogP contribution in [-0.4, -0.2) is 32.4 Å². The minimum atomic E-state index is 0.0610. The van der Waals surface area contributed by atoms with E-state index in [9.17, 15) is 0 Å². The molecule has 0 spiro atoms. The van der Waals surface area contributed by atoms with Crippen LogP contribution in [0.3, 0.4) is 0 Å². The van der Waals surface area contributed by atoms with Crippen LogP contribution < -0.4 is 5.32 Å². The number of nitrogens with zero attached hydrogens (tertiary/aromatic N) is 4. The van der Waals surface area contributed by atoms with Gasteiger partial charge >= 0.3 is 0 Å². The molecule has 2 aliphatic rings. The van der Waals surface area contributed by atoms with Crippen molar-refractivity contribution in [3.05, 3.63) is 36.2 Å². The van der Waals surface area contributed by atoms with E-state index < -0.39 is 0 Å². The van der Waals surface area contributed by atoms with E-state index in [2.05, 4.69) is 40.1 Å². The third-order valence-electron chi connectivity index (χ3n) is 6.01. The van der Waals surface area contributed by atoms with Gasteiger partial charge in [0.1, 0.15) is 6.23 Å². The first kappa shape index (κ1) is 17.6. The fourth-order valence-corrected chi connectivity index (χ4v) is 4.43. The van der Waals surface area contributed by atoms with Gasteiger partial charge in [-0.2, -0.15) is 5.10 Å². The van der Waals surface area contributed by atoms with E-state index in [1.54, 1.807) is 0 Å². The Bertz CT molecular complexity index is 970. The van der Waals surface area contributed by atoms with Crippen LogP contribution in [0.25, 0.3) is 22.2 Å². The van der Waals surface area contributed by atoms with E-state index in [1.165, 1.54) is 32.1 Å². The summed E-state index contributed by atoms with van der Waals surface area (Å²) in [6.45, 7) is 2.95. The SMILES string of the molecule is Cc1c2cc(-c3ccnc(NC4CCCC4)n3)ccc2nn1C1CCCCO1. The molecule has 3 heterocycles. The zero-order valence-electron chi connectivity index (χ0n) is 16.4. The zero-order valence-corrected chi connectivity index (χ0v) is 16.4. The zero-order chi connectivity index (χ0) is 18.9. The summed E-state index contributed by atoms with van der Waals surface area (Å²) in [5.41, 5.74) is 4.20. The molecule has 1 N–H and O–H groups in total. The van der Waals surface area contributed by atoms with Gasteiger partial charge in [0.2, 0.25) is 5.95 Å². The molecule has 1 saturated carbocycles. The number of ether oxygens (including phenoxy) is 1. The average molecular weight is 377 g/mol. The van der Waals surface area contributed by atoms with Crippen LogP contribution in [0.5, 0.6) is 0 Å². The second-order valence-electron chi connectivity index (χ2n) is 7.97. The summed E-state index contributed by atoms with van der Waals surface area (Å²) in [4.78, 5) is 9.18. The van der Waals surface area contributed by atoms with Gasteiger partial charge in [0.15, 0.2) is 0 Å². The Morgan fingerprint density at radius 3 is 2.75 bits per heavy atom. The minimum Gasteiger partial charge on any atom is -0.357 e. The van der Waals surface area contributed by atoms with E-state index in [-0.39, 0.29) is 6.23 Å². The number of anilines is 1. The van der Waals surface area contributed by atoms with Crippen LogP contribution in [0, 0.1) is 6.92 Å². The van der Waals surface area contributed by atoms with E-state index in [0.29, 0.717) is 6.04 Å². The summed E-state index contributed by atoms with van der Waals surface area (Å²) in [6, 6.07) is 8.86. The van der Waals surface area contributed by atoms with Crippen LogP contribution in [0.15, 0.2) is 30.5 Å². The summed E-state index contributed by atoms with van der Waals surface area (Å²) in [6.07, 6.45) is 10.3. The summed E-state index contributed by atoms with van der Waals surface area (Å²) in [5, 5.41) is 9.46. The average Bonchev–Trinajstić information content (AvgIpc) is 3.36. The Morgan fingerprint density at radius 2 is 1.93 bits per heavy atom. The quantitative estimate of drug-likeness (QED) is 0.704. The molecule has 1 aliphatic carbocycles. The minimum absolute atomic E-state index is 0.0610. The Hall–Kier alpha value is -2.47. The van der Waals surface area contributed by atoms with Gasteiger partial charge in [-0.05, 0) is 57.2 Å². The van der Waals surface area contributed by atoms with E-state index >= 15 is 0 Å². The Labute approximate surface area is 165 Å². The highest BCUT2D eigenvalue weighted by Gasteiger charge is 2.20. The first-order valence-electron chi connectivity index (χ1n) is 10.5. The molecule has 1 saturated heterocycles. The number of rotatable bonds is 4. The highest BCUT2D eigenvalue weighted by Crippen LogP contribution is 2.30. The number of aryl methyl sites for hydroxylation is 1. The maximum Gasteiger partial charge on any atom is 0.223 e. The van der Waals surface area contributed by atoms with E-state index in [0.717, 1.165) is 53.3 Å². The van der Waals surface area contributed by atoms with Crippen molar-refractivity contribution in [2.45, 2.75) is 64.1 Å². The second kappa shape index (κ2) is 7.51. The molecule has 3 aromatic rings. The third-order valence-corrected chi connectivity index (χ3v) is 6.01. The lowest BCUT2D eigenvalue weighted by Gasteiger charge is -2.23. The van der Waals surface area contributed by atoms with Crippen molar-refractivity contribution in [3.63, 3.8) is 0 Å². The van der Waals surface area contributed by atoms with Gasteiger partial charge in [-0.3, -0.25) is 0 Å². The molecule has 1 atom stereocenters. The monoisotopic (exact) mass is 377 g/mol. The van der Waals surface area contributed by atoms with Crippen LogP contribution in [0.2, 0.25) is 0 Å². The fraction of sp³-hybridized carbons (Fsp3) is 0.500. The highest BCUT2D eigenvalue weighted by atomic mass is 16.5. The van der Waals surface area contributed by atoms with Crippen molar-refractivity contribution in [2.24, 2.45) is 0 Å². The van der Waals surface area contributed by atoms with Crippen LogP contribution in [0.1, 0.15) is 56.9 Å².